The number of oxime groups is 1. The maximum Gasteiger partial charge on any atom is 0.362 e. The molecular formula is C18H21N7O8S2. The van der Waals surface area contributed by atoms with Crippen LogP contribution < -0.4 is 21.3 Å². The number of anilines is 1. The lowest BCUT2D eigenvalue weighted by molar-refractivity contribution is -0.143. The predicted octanol–water partition coefficient (Wildman–Crippen LogP) is -0.653. The first-order valence-corrected chi connectivity index (χ1v) is 12.1. The van der Waals surface area contributed by atoms with Crippen LogP contribution in [0.15, 0.2) is 34.8 Å². The number of nitrogens with one attached hydrogen (secondary N) is 3. The summed E-state index contributed by atoms with van der Waals surface area (Å²) in [7, 11) is -4.74. The Morgan fingerprint density at radius 2 is 2.03 bits per heavy atom. The number of rotatable bonds is 10. The van der Waals surface area contributed by atoms with Crippen molar-refractivity contribution in [1.82, 2.24) is 20.1 Å². The molecule has 0 saturated carbocycles. The number of nitrogen functional groups attached to an aromatic ring is 1. The van der Waals surface area contributed by atoms with Gasteiger partial charge in [0.25, 0.3) is 11.8 Å². The van der Waals surface area contributed by atoms with E-state index in [0.29, 0.717) is 11.3 Å². The quantitative estimate of drug-likeness (QED) is 0.0567. The number of nitrogens with two attached hydrogens (primary N) is 1. The number of thiazole rings is 1. The summed E-state index contributed by atoms with van der Waals surface area (Å²) in [6.07, 6.45) is 0. The van der Waals surface area contributed by atoms with Gasteiger partial charge in [-0.2, -0.15) is 8.42 Å². The van der Waals surface area contributed by atoms with Crippen LogP contribution in [0.2, 0.25) is 0 Å². The first kappa shape index (κ1) is 25.8. The van der Waals surface area contributed by atoms with E-state index in [2.05, 4.69) is 15.5 Å². The van der Waals surface area contributed by atoms with E-state index in [1.165, 1.54) is 12.3 Å². The molecule has 2 amide bonds. The van der Waals surface area contributed by atoms with Crippen molar-refractivity contribution in [3.8, 4) is 5.75 Å². The molecule has 1 aromatic heterocycles. The van der Waals surface area contributed by atoms with Crippen LogP contribution in [0.3, 0.4) is 0 Å². The molecule has 1 saturated heterocycles. The van der Waals surface area contributed by atoms with Gasteiger partial charge in [-0.15, -0.1) is 11.3 Å². The van der Waals surface area contributed by atoms with Crippen molar-refractivity contribution >= 4 is 50.1 Å². The summed E-state index contributed by atoms with van der Waals surface area (Å²) in [4.78, 5) is 33.9. The number of amides is 2. The molecule has 3 rings (SSSR count). The second-order valence-corrected chi connectivity index (χ2v) is 9.19. The number of hydrogen-bond donors (Lipinski definition) is 6. The second-order valence-electron chi connectivity index (χ2n) is 7.01. The van der Waals surface area contributed by atoms with E-state index in [4.69, 9.17) is 30.5 Å². The van der Waals surface area contributed by atoms with Crippen molar-refractivity contribution in [3.63, 3.8) is 0 Å². The minimum Gasteiger partial charge on any atom is -0.490 e. The molecule has 0 aliphatic carbocycles. The third-order valence-corrected chi connectivity index (χ3v) is 6.39. The van der Waals surface area contributed by atoms with Gasteiger partial charge in [-0.1, -0.05) is 5.16 Å². The molecule has 1 aliphatic rings. The van der Waals surface area contributed by atoms with Gasteiger partial charge >= 0.3 is 10.3 Å². The molecule has 0 spiro atoms. The molecule has 2 atom stereocenters. The van der Waals surface area contributed by atoms with E-state index >= 15 is 0 Å². The highest BCUT2D eigenvalue weighted by molar-refractivity contribution is 7.84. The molecule has 188 valence electrons. The Labute approximate surface area is 202 Å². The number of amidine groups is 1. The zero-order chi connectivity index (χ0) is 25.8. The molecule has 0 bridgehead atoms. The van der Waals surface area contributed by atoms with Crippen molar-refractivity contribution in [3.05, 3.63) is 40.9 Å². The summed E-state index contributed by atoms with van der Waals surface area (Å²) in [5.74, 6) is -1.59. The molecule has 17 heteroatoms. The van der Waals surface area contributed by atoms with Gasteiger partial charge in [0.15, 0.2) is 17.5 Å². The van der Waals surface area contributed by atoms with Crippen LogP contribution in [0, 0.1) is 5.41 Å². The molecule has 2 aromatic rings. The summed E-state index contributed by atoms with van der Waals surface area (Å²) < 4.78 is 37.3. The Balaban J connectivity index is 1.60. The minimum absolute atomic E-state index is 0.0358. The highest BCUT2D eigenvalue weighted by atomic mass is 32.2. The number of carbonyl (C=O) groups excluding carboxylic acids is 2. The minimum atomic E-state index is -4.74. The molecule has 0 unspecified atom stereocenters. The molecule has 1 aromatic carbocycles. The fourth-order valence-electron chi connectivity index (χ4n) is 3.00. The second kappa shape index (κ2) is 10.6. The van der Waals surface area contributed by atoms with Gasteiger partial charge in [0.2, 0.25) is 0 Å². The van der Waals surface area contributed by atoms with Crippen molar-refractivity contribution < 1.29 is 37.3 Å². The highest BCUT2D eigenvalue weighted by Crippen LogP contribution is 2.23. The molecule has 0 radical (unpaired) electrons. The van der Waals surface area contributed by atoms with Gasteiger partial charge in [-0.05, 0) is 31.2 Å². The van der Waals surface area contributed by atoms with Crippen LogP contribution in [0.25, 0.3) is 0 Å². The van der Waals surface area contributed by atoms with Crippen LogP contribution >= 0.6 is 11.3 Å². The number of aromatic nitrogens is 1. The molecule has 15 nitrogen and oxygen atoms in total. The Bertz CT molecular complexity index is 1250. The standard InChI is InChI=1S/C18H21N7O8S2/c1-9-13(17(27)25(9)35(29,30)31)22-16(26)14(12-8-34-18(20)21-12)24-33-7-6-32-11-4-2-10(3-5-11)15(19)23-28/h2-5,8-9,13,28H,6-7H2,1H3,(H2,19,23)(H2,20,21)(H,22,26)(H,29,30,31)/t9-,13-/m0/s1. The van der Waals surface area contributed by atoms with Gasteiger partial charge in [-0.3, -0.25) is 30.2 Å². The number of hydrogen-bond acceptors (Lipinski definition) is 12. The third kappa shape index (κ3) is 6.01. The SMILES string of the molecule is C[C@H]1[C@H](NC(=O)C(=NOCCOc2ccc(C(=N)NO)cc2)c2csc(N)n2)C(=O)N1S(=O)(=O)O. The Hall–Kier alpha value is -3.80. The smallest absolute Gasteiger partial charge is 0.362 e. The number of β-lactam (4-membered cyclic amide) rings is 1. The lowest BCUT2D eigenvalue weighted by Crippen LogP contribution is -2.71. The lowest BCUT2D eigenvalue weighted by Gasteiger charge is -2.42. The summed E-state index contributed by atoms with van der Waals surface area (Å²) in [5, 5.41) is 23.9. The fraction of sp³-hybridized carbons (Fsp3) is 0.278. The Morgan fingerprint density at radius 1 is 1.34 bits per heavy atom. The molecule has 1 fully saturated rings. The van der Waals surface area contributed by atoms with Crippen molar-refractivity contribution in [2.24, 2.45) is 5.16 Å². The fourth-order valence-corrected chi connectivity index (χ4v) is 4.43. The van der Waals surface area contributed by atoms with Crippen molar-refractivity contribution in [2.75, 3.05) is 18.9 Å². The number of hydroxylamine groups is 1. The van der Waals surface area contributed by atoms with Gasteiger partial charge < -0.3 is 20.6 Å². The average Bonchev–Trinajstić information content (AvgIpc) is 3.24. The Kier molecular flexibility index (Phi) is 7.85. The first-order chi connectivity index (χ1) is 16.5. The predicted molar refractivity (Wildman–Crippen MR) is 122 cm³/mol. The first-order valence-electron chi connectivity index (χ1n) is 9.77. The van der Waals surface area contributed by atoms with Crippen LogP contribution in [-0.4, -0.2) is 76.1 Å². The molecule has 7 N–H and O–H groups in total. The van der Waals surface area contributed by atoms with E-state index in [-0.39, 0.29) is 39.9 Å². The number of nitrogens with zero attached hydrogens (tertiary/aromatic N) is 3. The van der Waals surface area contributed by atoms with E-state index in [1.807, 2.05) is 0 Å². The van der Waals surface area contributed by atoms with E-state index in [0.717, 1.165) is 11.3 Å². The van der Waals surface area contributed by atoms with E-state index in [1.54, 1.807) is 29.7 Å². The normalized spacial score (nSPS) is 18.0. The summed E-state index contributed by atoms with van der Waals surface area (Å²) >= 11 is 1.04. The largest absolute Gasteiger partial charge is 0.490 e. The van der Waals surface area contributed by atoms with Crippen molar-refractivity contribution in [2.45, 2.75) is 19.0 Å². The molecular weight excluding hydrogens is 506 g/mol. The maximum absolute atomic E-state index is 12.7. The van der Waals surface area contributed by atoms with Gasteiger partial charge in [0.05, 0.1) is 6.04 Å². The summed E-state index contributed by atoms with van der Waals surface area (Å²) in [5.41, 5.74) is 7.57. The summed E-state index contributed by atoms with van der Waals surface area (Å²) in [6, 6.07) is 4.05. The zero-order valence-electron chi connectivity index (χ0n) is 18.0. The zero-order valence-corrected chi connectivity index (χ0v) is 19.7. The van der Waals surface area contributed by atoms with E-state index in [9.17, 15) is 18.0 Å². The third-order valence-electron chi connectivity index (χ3n) is 4.70. The number of ether oxygens (including phenoxy) is 1. The number of benzene rings is 1. The maximum atomic E-state index is 12.7. The average molecular weight is 528 g/mol. The van der Waals surface area contributed by atoms with Crippen LogP contribution in [0.1, 0.15) is 18.2 Å². The van der Waals surface area contributed by atoms with Crippen LogP contribution in [0.5, 0.6) is 5.75 Å². The molecule has 1 aliphatic heterocycles. The monoisotopic (exact) mass is 527 g/mol. The number of carbonyl (C=O) groups is 2. The molecule has 35 heavy (non-hydrogen) atoms. The summed E-state index contributed by atoms with van der Waals surface area (Å²) in [6.45, 7) is 1.29. The van der Waals surface area contributed by atoms with Crippen LogP contribution in [0.4, 0.5) is 5.13 Å². The van der Waals surface area contributed by atoms with Gasteiger partial charge in [-0.25, -0.2) is 9.29 Å². The lowest BCUT2D eigenvalue weighted by atomic mass is 10.0. The van der Waals surface area contributed by atoms with Crippen LogP contribution in [-0.2, 0) is 24.7 Å². The topological polar surface area (TPSA) is 230 Å². The van der Waals surface area contributed by atoms with E-state index < -0.39 is 34.2 Å². The van der Waals surface area contributed by atoms with Crippen molar-refractivity contribution in [1.29, 1.82) is 5.41 Å². The molecule has 2 heterocycles. The highest BCUT2D eigenvalue weighted by Gasteiger charge is 2.51. The van der Waals surface area contributed by atoms with Gasteiger partial charge in [0, 0.05) is 10.9 Å². The van der Waals surface area contributed by atoms with Gasteiger partial charge in [0.1, 0.15) is 29.9 Å². The Morgan fingerprint density at radius 3 is 2.57 bits per heavy atom.